The molecule has 1 fully saturated rings. The van der Waals surface area contributed by atoms with Crippen molar-refractivity contribution in [3.05, 3.63) is 0 Å². The quantitative estimate of drug-likeness (QED) is 0.681. The van der Waals surface area contributed by atoms with Crippen LogP contribution < -0.4 is 10.6 Å². The summed E-state index contributed by atoms with van der Waals surface area (Å²) in [6.07, 6.45) is 3.36. The maximum absolute atomic E-state index is 11.4. The van der Waals surface area contributed by atoms with Gasteiger partial charge in [-0.2, -0.15) is 0 Å². The van der Waals surface area contributed by atoms with E-state index in [9.17, 15) is 4.79 Å². The minimum atomic E-state index is 0.154. The summed E-state index contributed by atoms with van der Waals surface area (Å²) in [6, 6.07) is 0.507. The summed E-state index contributed by atoms with van der Waals surface area (Å²) >= 11 is 0. The van der Waals surface area contributed by atoms with Crippen LogP contribution in [-0.4, -0.2) is 25.0 Å². The van der Waals surface area contributed by atoms with E-state index in [0.717, 1.165) is 19.5 Å². The van der Waals surface area contributed by atoms with Crippen LogP contribution in [0.3, 0.4) is 0 Å². The van der Waals surface area contributed by atoms with Crippen molar-refractivity contribution in [3.8, 4) is 0 Å². The molecular weight excluding hydrogens is 164 g/mol. The molecule has 1 aliphatic rings. The normalized spacial score (nSPS) is 24.3. The van der Waals surface area contributed by atoms with Gasteiger partial charge >= 0.3 is 0 Å². The molecule has 0 bridgehead atoms. The molecule has 0 aromatic carbocycles. The van der Waals surface area contributed by atoms with Gasteiger partial charge in [0.15, 0.2) is 0 Å². The Bertz CT molecular complexity index is 164. The zero-order valence-electron chi connectivity index (χ0n) is 8.60. The Morgan fingerprint density at radius 2 is 2.46 bits per heavy atom. The van der Waals surface area contributed by atoms with Crippen molar-refractivity contribution in [2.24, 2.45) is 5.92 Å². The molecule has 0 radical (unpaired) electrons. The predicted molar refractivity (Wildman–Crippen MR) is 53.5 cm³/mol. The van der Waals surface area contributed by atoms with Crippen LogP contribution in [-0.2, 0) is 4.79 Å². The van der Waals surface area contributed by atoms with Gasteiger partial charge < -0.3 is 10.6 Å². The van der Waals surface area contributed by atoms with Crippen molar-refractivity contribution in [1.82, 2.24) is 10.6 Å². The molecule has 2 unspecified atom stereocenters. The van der Waals surface area contributed by atoms with E-state index in [1.165, 1.54) is 12.8 Å². The lowest BCUT2D eigenvalue weighted by molar-refractivity contribution is -0.124. The fraction of sp³-hybridized carbons (Fsp3) is 0.900. The van der Waals surface area contributed by atoms with Crippen LogP contribution in [0.4, 0.5) is 0 Å². The van der Waals surface area contributed by atoms with Gasteiger partial charge in [0.1, 0.15) is 0 Å². The molecule has 1 saturated heterocycles. The van der Waals surface area contributed by atoms with Gasteiger partial charge in [-0.15, -0.1) is 0 Å². The summed E-state index contributed by atoms with van der Waals surface area (Å²) in [7, 11) is 0. The lowest BCUT2D eigenvalue weighted by Crippen LogP contribution is -2.39. The van der Waals surface area contributed by atoms with Crippen LogP contribution >= 0.6 is 0 Å². The van der Waals surface area contributed by atoms with Gasteiger partial charge in [0.2, 0.25) is 5.91 Å². The molecule has 1 heterocycles. The number of carbonyl (C=O) groups excluding carboxylic acids is 1. The van der Waals surface area contributed by atoms with Crippen molar-refractivity contribution in [1.29, 1.82) is 0 Å². The van der Waals surface area contributed by atoms with E-state index in [1.54, 1.807) is 0 Å². The molecule has 1 rings (SSSR count). The molecule has 0 spiro atoms. The Kier molecular flexibility index (Phi) is 4.22. The third-order valence-corrected chi connectivity index (χ3v) is 2.75. The summed E-state index contributed by atoms with van der Waals surface area (Å²) in [6.45, 7) is 5.91. The second-order valence-corrected chi connectivity index (χ2v) is 3.85. The maximum Gasteiger partial charge on any atom is 0.222 e. The van der Waals surface area contributed by atoms with Gasteiger partial charge in [0.25, 0.3) is 0 Å². The molecule has 1 amide bonds. The van der Waals surface area contributed by atoms with Gasteiger partial charge in [-0.05, 0) is 25.8 Å². The van der Waals surface area contributed by atoms with Gasteiger partial charge in [0, 0.05) is 18.5 Å². The molecule has 0 aromatic rings. The Morgan fingerprint density at radius 3 is 3.00 bits per heavy atom. The number of nitrogens with one attached hydrogen (secondary N) is 2. The van der Waals surface area contributed by atoms with Crippen LogP contribution in [0.2, 0.25) is 0 Å². The summed E-state index contributed by atoms with van der Waals surface area (Å²) < 4.78 is 0. The number of hydrogen-bond acceptors (Lipinski definition) is 2. The van der Waals surface area contributed by atoms with Crippen molar-refractivity contribution in [2.75, 3.05) is 13.1 Å². The predicted octanol–water partition coefficient (Wildman–Crippen LogP) is 0.901. The van der Waals surface area contributed by atoms with Crippen molar-refractivity contribution < 1.29 is 4.79 Å². The highest BCUT2D eigenvalue weighted by atomic mass is 16.1. The molecule has 0 aliphatic carbocycles. The highest BCUT2D eigenvalue weighted by Gasteiger charge is 2.16. The molecule has 3 heteroatoms. The van der Waals surface area contributed by atoms with Gasteiger partial charge in [-0.1, -0.05) is 13.8 Å². The van der Waals surface area contributed by atoms with E-state index < -0.39 is 0 Å². The Labute approximate surface area is 80.3 Å². The molecule has 76 valence electrons. The average molecular weight is 184 g/mol. The van der Waals surface area contributed by atoms with Crippen LogP contribution in [0.5, 0.6) is 0 Å². The number of amides is 1. The number of carbonyl (C=O) groups is 1. The first kappa shape index (κ1) is 10.5. The first-order valence-corrected chi connectivity index (χ1v) is 5.25. The Morgan fingerprint density at radius 1 is 1.69 bits per heavy atom. The van der Waals surface area contributed by atoms with Crippen LogP contribution in [0.15, 0.2) is 0 Å². The molecular formula is C10H20N2O. The first-order valence-electron chi connectivity index (χ1n) is 5.25. The third-order valence-electron chi connectivity index (χ3n) is 2.75. The molecule has 13 heavy (non-hydrogen) atoms. The molecule has 1 aliphatic heterocycles. The summed E-state index contributed by atoms with van der Waals surface area (Å²) in [4.78, 5) is 11.4. The largest absolute Gasteiger partial charge is 0.354 e. The fourth-order valence-corrected chi connectivity index (χ4v) is 1.51. The van der Waals surface area contributed by atoms with Gasteiger partial charge in [-0.25, -0.2) is 0 Å². The highest BCUT2D eigenvalue weighted by Crippen LogP contribution is 2.04. The fourth-order valence-electron chi connectivity index (χ4n) is 1.51. The Balaban J connectivity index is 2.13. The third kappa shape index (κ3) is 3.35. The minimum absolute atomic E-state index is 0.154. The summed E-state index contributed by atoms with van der Waals surface area (Å²) in [5.41, 5.74) is 0. The van der Waals surface area contributed by atoms with Crippen LogP contribution in [0.1, 0.15) is 33.1 Å². The smallest absolute Gasteiger partial charge is 0.222 e. The van der Waals surface area contributed by atoms with Crippen molar-refractivity contribution >= 4 is 5.91 Å². The minimum Gasteiger partial charge on any atom is -0.354 e. The molecule has 0 aromatic heterocycles. The number of rotatable bonds is 4. The van der Waals surface area contributed by atoms with E-state index in [2.05, 4.69) is 10.6 Å². The average Bonchev–Trinajstić information content (AvgIpc) is 2.65. The SMILES string of the molecule is CCC(C)C(=O)NCC1CCCN1. The lowest BCUT2D eigenvalue weighted by atomic mass is 10.1. The summed E-state index contributed by atoms with van der Waals surface area (Å²) in [5.74, 6) is 0.345. The van der Waals surface area contributed by atoms with Crippen molar-refractivity contribution in [3.63, 3.8) is 0 Å². The molecule has 2 atom stereocenters. The van der Waals surface area contributed by atoms with Crippen molar-refractivity contribution in [2.45, 2.75) is 39.2 Å². The topological polar surface area (TPSA) is 41.1 Å². The Hall–Kier alpha value is -0.570. The summed E-state index contributed by atoms with van der Waals surface area (Å²) in [5, 5.41) is 6.33. The van der Waals surface area contributed by atoms with Gasteiger partial charge in [0.05, 0.1) is 0 Å². The monoisotopic (exact) mass is 184 g/mol. The molecule has 3 nitrogen and oxygen atoms in total. The van der Waals surface area contributed by atoms with E-state index in [0.29, 0.717) is 6.04 Å². The van der Waals surface area contributed by atoms with E-state index >= 15 is 0 Å². The zero-order valence-corrected chi connectivity index (χ0v) is 8.60. The first-order chi connectivity index (χ1) is 6.24. The van der Waals surface area contributed by atoms with E-state index in [4.69, 9.17) is 0 Å². The highest BCUT2D eigenvalue weighted by molar-refractivity contribution is 5.78. The lowest BCUT2D eigenvalue weighted by Gasteiger charge is -2.13. The second-order valence-electron chi connectivity index (χ2n) is 3.85. The van der Waals surface area contributed by atoms with E-state index in [1.807, 2.05) is 13.8 Å². The van der Waals surface area contributed by atoms with E-state index in [-0.39, 0.29) is 11.8 Å². The molecule has 2 N–H and O–H groups in total. The molecule has 0 saturated carbocycles. The van der Waals surface area contributed by atoms with Gasteiger partial charge in [-0.3, -0.25) is 4.79 Å². The van der Waals surface area contributed by atoms with Crippen LogP contribution in [0.25, 0.3) is 0 Å². The van der Waals surface area contributed by atoms with Crippen LogP contribution in [0, 0.1) is 5.92 Å². The standard InChI is InChI=1S/C10H20N2O/c1-3-8(2)10(13)12-7-9-5-4-6-11-9/h8-9,11H,3-7H2,1-2H3,(H,12,13). The maximum atomic E-state index is 11.4. The number of hydrogen-bond donors (Lipinski definition) is 2. The second kappa shape index (κ2) is 5.22. The zero-order chi connectivity index (χ0) is 9.68.